The average molecular weight is 278 g/mol. The van der Waals surface area contributed by atoms with E-state index in [0.717, 1.165) is 32.1 Å². The first-order chi connectivity index (χ1) is 9.49. The summed E-state index contributed by atoms with van der Waals surface area (Å²) in [5, 5.41) is 0. The molecule has 1 rings (SSSR count). The highest BCUT2D eigenvalue weighted by atomic mass is 16.1. The van der Waals surface area contributed by atoms with Crippen LogP contribution < -0.4 is 0 Å². The van der Waals surface area contributed by atoms with Crippen molar-refractivity contribution >= 4 is 12.2 Å². The Hall–Kier alpha value is -1.24. The van der Waals surface area contributed by atoms with Crippen molar-refractivity contribution in [2.75, 3.05) is 0 Å². The summed E-state index contributed by atoms with van der Waals surface area (Å²) in [4.78, 5) is 29.6. The second kappa shape index (κ2) is 6.47. The van der Waals surface area contributed by atoms with Crippen LogP contribution in [-0.4, -0.2) is 17.8 Å². The topological polar surface area (TPSA) is 58.9 Å². The molecule has 0 radical (unpaired) electrons. The Morgan fingerprint density at radius 2 is 1.10 bits per heavy atom. The Bertz CT molecular complexity index is 384. The fourth-order valence-corrected chi connectivity index (χ4v) is 4.04. The maximum atomic E-state index is 10.8. The van der Waals surface area contributed by atoms with Gasteiger partial charge in [0.1, 0.15) is 0 Å². The molecular formula is C16H26N2O2. The molecule has 1 fully saturated rings. The highest BCUT2D eigenvalue weighted by Crippen LogP contribution is 2.58. The Morgan fingerprint density at radius 3 is 1.35 bits per heavy atom. The smallest absolute Gasteiger partial charge is 0.211 e. The number of carbonyl (C=O) groups excluding carboxylic acids is 2. The summed E-state index contributed by atoms with van der Waals surface area (Å²) in [6.07, 6.45) is 9.73. The highest BCUT2D eigenvalue weighted by Gasteiger charge is 2.52. The molecule has 20 heavy (non-hydrogen) atoms. The van der Waals surface area contributed by atoms with Crippen LogP contribution in [0.5, 0.6) is 0 Å². The summed E-state index contributed by atoms with van der Waals surface area (Å²) in [5.74, 6) is 0. The van der Waals surface area contributed by atoms with E-state index < -0.39 is 5.66 Å². The molecule has 0 heterocycles. The summed E-state index contributed by atoms with van der Waals surface area (Å²) in [5.41, 5.74) is -0.768. The van der Waals surface area contributed by atoms with Crippen LogP contribution in [0.15, 0.2) is 9.98 Å². The molecule has 1 saturated carbocycles. The van der Waals surface area contributed by atoms with Crippen molar-refractivity contribution in [3.8, 4) is 0 Å². The number of hydrogen-bond donors (Lipinski definition) is 0. The van der Waals surface area contributed by atoms with Crippen molar-refractivity contribution in [2.24, 2.45) is 20.8 Å². The Balaban J connectivity index is 3.38. The lowest BCUT2D eigenvalue weighted by Crippen LogP contribution is -2.47. The van der Waals surface area contributed by atoms with Crippen LogP contribution in [0.1, 0.15) is 72.6 Å². The molecular weight excluding hydrogens is 252 g/mol. The monoisotopic (exact) mass is 278 g/mol. The van der Waals surface area contributed by atoms with Crippen LogP contribution in [0.3, 0.4) is 0 Å². The van der Waals surface area contributed by atoms with Gasteiger partial charge in [0.15, 0.2) is 5.66 Å². The van der Waals surface area contributed by atoms with Crippen molar-refractivity contribution in [3.63, 3.8) is 0 Å². The van der Waals surface area contributed by atoms with Crippen molar-refractivity contribution in [2.45, 2.75) is 78.3 Å². The zero-order valence-corrected chi connectivity index (χ0v) is 13.2. The Kier molecular flexibility index (Phi) is 5.44. The van der Waals surface area contributed by atoms with Crippen LogP contribution in [0.4, 0.5) is 0 Å². The molecule has 4 heteroatoms. The summed E-state index contributed by atoms with van der Waals surface area (Å²) in [7, 11) is 0. The fraction of sp³-hybridized carbons (Fsp3) is 0.875. The SMILES string of the molecule is CCC1(CC)CC(CC)(CC)CC(N=C=O)(N=C=O)C1. The number of aliphatic imine (C=N–C) groups is 2. The predicted molar refractivity (Wildman–Crippen MR) is 78.9 cm³/mol. The molecule has 0 amide bonds. The molecule has 0 bridgehead atoms. The van der Waals surface area contributed by atoms with E-state index in [1.54, 1.807) is 12.2 Å². The molecule has 0 aliphatic heterocycles. The predicted octanol–water partition coefficient (Wildman–Crippen LogP) is 4.15. The number of isocyanates is 2. The van der Waals surface area contributed by atoms with Gasteiger partial charge in [0.25, 0.3) is 0 Å². The van der Waals surface area contributed by atoms with Crippen LogP contribution in [0.2, 0.25) is 0 Å². The lowest BCUT2D eigenvalue weighted by molar-refractivity contribution is -0.00399. The second-order valence-electron chi connectivity index (χ2n) is 6.33. The quantitative estimate of drug-likeness (QED) is 0.541. The van der Waals surface area contributed by atoms with E-state index in [1.807, 2.05) is 0 Å². The molecule has 1 aliphatic rings. The maximum absolute atomic E-state index is 10.8. The molecule has 0 saturated heterocycles. The molecule has 0 N–H and O–H groups in total. The minimum absolute atomic E-state index is 0.0883. The van der Waals surface area contributed by atoms with E-state index in [-0.39, 0.29) is 10.8 Å². The molecule has 4 nitrogen and oxygen atoms in total. The number of hydrogen-bond acceptors (Lipinski definition) is 4. The van der Waals surface area contributed by atoms with Crippen LogP contribution in [0, 0.1) is 10.8 Å². The van der Waals surface area contributed by atoms with Gasteiger partial charge in [-0.3, -0.25) is 0 Å². The minimum Gasteiger partial charge on any atom is -0.211 e. The average Bonchev–Trinajstić information content (AvgIpc) is 2.47. The summed E-state index contributed by atoms with van der Waals surface area (Å²) < 4.78 is 0. The highest BCUT2D eigenvalue weighted by molar-refractivity contribution is 5.39. The summed E-state index contributed by atoms with van der Waals surface area (Å²) >= 11 is 0. The second-order valence-corrected chi connectivity index (χ2v) is 6.33. The summed E-state index contributed by atoms with van der Waals surface area (Å²) in [6, 6.07) is 0. The van der Waals surface area contributed by atoms with Gasteiger partial charge in [-0.05, 0) is 17.3 Å². The van der Waals surface area contributed by atoms with Gasteiger partial charge in [0, 0.05) is 12.8 Å². The van der Waals surface area contributed by atoms with Crippen molar-refractivity contribution in [1.82, 2.24) is 0 Å². The van der Waals surface area contributed by atoms with E-state index in [1.165, 1.54) is 0 Å². The largest absolute Gasteiger partial charge is 0.237 e. The van der Waals surface area contributed by atoms with E-state index in [4.69, 9.17) is 0 Å². The van der Waals surface area contributed by atoms with E-state index in [2.05, 4.69) is 37.7 Å². The molecule has 0 spiro atoms. The van der Waals surface area contributed by atoms with Crippen LogP contribution in [-0.2, 0) is 9.59 Å². The lowest BCUT2D eigenvalue weighted by Gasteiger charge is -2.52. The molecule has 0 atom stereocenters. The number of rotatable bonds is 6. The van der Waals surface area contributed by atoms with Crippen LogP contribution in [0.25, 0.3) is 0 Å². The minimum atomic E-state index is -0.945. The third kappa shape index (κ3) is 3.08. The molecule has 0 aromatic rings. The van der Waals surface area contributed by atoms with E-state index in [0.29, 0.717) is 12.8 Å². The van der Waals surface area contributed by atoms with Gasteiger partial charge in [-0.25, -0.2) is 9.59 Å². The van der Waals surface area contributed by atoms with E-state index >= 15 is 0 Å². The Morgan fingerprint density at radius 1 is 0.750 bits per heavy atom. The number of nitrogens with zero attached hydrogens (tertiary/aromatic N) is 2. The lowest BCUT2D eigenvalue weighted by atomic mass is 9.55. The molecule has 0 aromatic heterocycles. The zero-order valence-electron chi connectivity index (χ0n) is 13.2. The van der Waals surface area contributed by atoms with Gasteiger partial charge in [0.05, 0.1) is 0 Å². The maximum Gasteiger partial charge on any atom is 0.237 e. The van der Waals surface area contributed by atoms with Gasteiger partial charge in [-0.15, -0.1) is 0 Å². The van der Waals surface area contributed by atoms with Gasteiger partial charge in [-0.1, -0.05) is 53.4 Å². The molecule has 0 unspecified atom stereocenters. The van der Waals surface area contributed by atoms with Crippen molar-refractivity contribution in [1.29, 1.82) is 0 Å². The first-order valence-electron chi connectivity index (χ1n) is 7.67. The summed E-state index contributed by atoms with van der Waals surface area (Å²) in [6.45, 7) is 8.69. The molecule has 1 aliphatic carbocycles. The van der Waals surface area contributed by atoms with E-state index in [9.17, 15) is 9.59 Å². The van der Waals surface area contributed by atoms with Gasteiger partial charge in [0.2, 0.25) is 12.2 Å². The molecule has 112 valence electrons. The standard InChI is InChI=1S/C16H26N2O2/c1-5-14(6-2)9-15(7-3,8-4)11-16(10-14,17-12-19)18-13-20/h5-11H2,1-4H3. The van der Waals surface area contributed by atoms with Crippen LogP contribution >= 0.6 is 0 Å². The van der Waals surface area contributed by atoms with Gasteiger partial charge >= 0.3 is 0 Å². The van der Waals surface area contributed by atoms with Gasteiger partial charge < -0.3 is 0 Å². The zero-order chi connectivity index (χ0) is 15.3. The van der Waals surface area contributed by atoms with Crippen molar-refractivity contribution < 1.29 is 9.59 Å². The fourth-order valence-electron chi connectivity index (χ4n) is 4.04. The first-order valence-corrected chi connectivity index (χ1v) is 7.67. The molecule has 0 aromatic carbocycles. The Labute approximate surface area is 121 Å². The third-order valence-electron chi connectivity index (χ3n) is 5.57. The normalized spacial score (nSPS) is 22.4. The van der Waals surface area contributed by atoms with Crippen molar-refractivity contribution in [3.05, 3.63) is 0 Å². The first kappa shape index (κ1) is 16.8. The third-order valence-corrected chi connectivity index (χ3v) is 5.57. The van der Waals surface area contributed by atoms with Gasteiger partial charge in [-0.2, -0.15) is 9.98 Å².